The van der Waals surface area contributed by atoms with Crippen molar-refractivity contribution in [3.63, 3.8) is 0 Å². The quantitative estimate of drug-likeness (QED) is 0.471. The van der Waals surface area contributed by atoms with Gasteiger partial charge in [-0.15, -0.1) is 5.10 Å². The average Bonchev–Trinajstić information content (AvgIpc) is 3.06. The van der Waals surface area contributed by atoms with Crippen LogP contribution in [0.2, 0.25) is 0 Å². The fraction of sp³-hybridized carbons (Fsp3) is 0.150. The first kappa shape index (κ1) is 18.7. The third-order valence-electron chi connectivity index (χ3n) is 3.69. The minimum atomic E-state index is -1.03. The lowest BCUT2D eigenvalue weighted by atomic mass is 10.1. The molecule has 0 aliphatic carbocycles. The number of ether oxygens (including phenoxy) is 1. The monoisotopic (exact) mass is 381 g/mol. The highest BCUT2D eigenvalue weighted by molar-refractivity contribution is 8.04. The number of aliphatic carboxylic acids is 1. The molecular weight excluding hydrogens is 362 g/mol. The van der Waals surface area contributed by atoms with Crippen molar-refractivity contribution in [3.05, 3.63) is 76.0 Å². The van der Waals surface area contributed by atoms with E-state index in [1.807, 2.05) is 55.5 Å². The van der Waals surface area contributed by atoms with Gasteiger partial charge in [-0.2, -0.15) is 0 Å². The van der Waals surface area contributed by atoms with E-state index in [4.69, 9.17) is 4.74 Å². The molecule has 3 aromatic rings. The Kier molecular flexibility index (Phi) is 5.93. The highest BCUT2D eigenvalue weighted by Crippen LogP contribution is 2.26. The Morgan fingerprint density at radius 3 is 2.44 bits per heavy atom. The first-order valence-corrected chi connectivity index (χ1v) is 9.11. The molecule has 6 nitrogen and oxygen atoms in total. The summed E-state index contributed by atoms with van der Waals surface area (Å²) in [5.41, 5.74) is 3.06. The third-order valence-corrected chi connectivity index (χ3v) is 4.57. The molecule has 0 fully saturated rings. The van der Waals surface area contributed by atoms with Crippen molar-refractivity contribution in [2.24, 2.45) is 0 Å². The zero-order chi connectivity index (χ0) is 19.2. The second-order valence-corrected chi connectivity index (χ2v) is 6.97. The standard InChI is InChI=1S/C20H19N3O3S/c1-13-3-5-16(6-4-13)12-26-17-9-7-15(8-10-17)11-18(19(24)25)27-20-21-14(2)22-23-20/h3-11H,12H2,1-2H3,(H,24,25)(H,21,22,23)/b18-11-. The van der Waals surface area contributed by atoms with Crippen LogP contribution < -0.4 is 4.74 Å². The van der Waals surface area contributed by atoms with Crippen LogP contribution in [-0.4, -0.2) is 26.3 Å². The van der Waals surface area contributed by atoms with E-state index in [0.29, 0.717) is 17.6 Å². The van der Waals surface area contributed by atoms with Crippen LogP contribution in [0.5, 0.6) is 5.75 Å². The van der Waals surface area contributed by atoms with Gasteiger partial charge in [-0.1, -0.05) is 42.0 Å². The van der Waals surface area contributed by atoms with Gasteiger partial charge >= 0.3 is 5.97 Å². The normalized spacial score (nSPS) is 11.4. The predicted molar refractivity (Wildman–Crippen MR) is 105 cm³/mol. The fourth-order valence-corrected chi connectivity index (χ4v) is 3.02. The lowest BCUT2D eigenvalue weighted by molar-refractivity contribution is -0.131. The van der Waals surface area contributed by atoms with Gasteiger partial charge in [-0.25, -0.2) is 9.78 Å². The number of hydrogen-bond acceptors (Lipinski definition) is 5. The van der Waals surface area contributed by atoms with Crippen molar-refractivity contribution >= 4 is 23.8 Å². The van der Waals surface area contributed by atoms with Crippen molar-refractivity contribution in [1.82, 2.24) is 15.2 Å². The molecule has 0 aliphatic heterocycles. The summed E-state index contributed by atoms with van der Waals surface area (Å²) in [5, 5.41) is 16.4. The van der Waals surface area contributed by atoms with E-state index in [-0.39, 0.29) is 4.91 Å². The molecule has 0 atom stereocenters. The number of benzene rings is 2. The van der Waals surface area contributed by atoms with Crippen molar-refractivity contribution < 1.29 is 14.6 Å². The molecule has 0 spiro atoms. The van der Waals surface area contributed by atoms with E-state index in [1.165, 1.54) is 5.56 Å². The predicted octanol–water partition coefficient (Wildman–Crippen LogP) is 4.22. The molecule has 2 aromatic carbocycles. The maximum Gasteiger partial charge on any atom is 0.342 e. The van der Waals surface area contributed by atoms with Gasteiger partial charge in [0.05, 0.1) is 0 Å². The van der Waals surface area contributed by atoms with E-state index < -0.39 is 5.97 Å². The van der Waals surface area contributed by atoms with Crippen molar-refractivity contribution in [2.75, 3.05) is 0 Å². The molecule has 1 heterocycles. The number of rotatable bonds is 7. The lowest BCUT2D eigenvalue weighted by Gasteiger charge is -2.07. The Balaban J connectivity index is 1.66. The Labute approximate surface area is 161 Å². The van der Waals surface area contributed by atoms with Gasteiger partial charge < -0.3 is 9.84 Å². The SMILES string of the molecule is Cc1ccc(COc2ccc(/C=C(\Sc3n[nH]c(C)n3)C(=O)O)cc2)cc1. The number of aromatic amines is 1. The molecule has 7 heteroatoms. The number of carboxylic acids is 1. The summed E-state index contributed by atoms with van der Waals surface area (Å²) >= 11 is 1.00. The van der Waals surface area contributed by atoms with Crippen LogP contribution >= 0.6 is 11.8 Å². The van der Waals surface area contributed by atoms with E-state index in [2.05, 4.69) is 15.2 Å². The summed E-state index contributed by atoms with van der Waals surface area (Å²) in [6, 6.07) is 15.4. The van der Waals surface area contributed by atoms with E-state index in [9.17, 15) is 9.90 Å². The van der Waals surface area contributed by atoms with Crippen LogP contribution in [0.1, 0.15) is 22.5 Å². The van der Waals surface area contributed by atoms with E-state index in [0.717, 1.165) is 28.6 Å². The molecule has 0 amide bonds. The van der Waals surface area contributed by atoms with Crippen LogP contribution in [0.4, 0.5) is 0 Å². The van der Waals surface area contributed by atoms with Crippen molar-refractivity contribution in [3.8, 4) is 5.75 Å². The Bertz CT molecular complexity index is 947. The largest absolute Gasteiger partial charge is 0.489 e. The molecule has 0 unspecified atom stereocenters. The first-order chi connectivity index (χ1) is 13.0. The summed E-state index contributed by atoms with van der Waals surface area (Å²) in [6.45, 7) is 4.29. The van der Waals surface area contributed by atoms with Crippen LogP contribution in [0.25, 0.3) is 6.08 Å². The van der Waals surface area contributed by atoms with Crippen molar-refractivity contribution in [1.29, 1.82) is 0 Å². The molecule has 0 aliphatic rings. The summed E-state index contributed by atoms with van der Waals surface area (Å²) in [5.74, 6) is 0.335. The number of aryl methyl sites for hydroxylation is 2. The number of carbonyl (C=O) groups is 1. The summed E-state index contributed by atoms with van der Waals surface area (Å²) in [6.07, 6.45) is 1.59. The Morgan fingerprint density at radius 2 is 1.85 bits per heavy atom. The molecule has 138 valence electrons. The molecule has 0 bridgehead atoms. The van der Waals surface area contributed by atoms with Gasteiger partial charge in [0.15, 0.2) is 0 Å². The molecule has 0 saturated carbocycles. The Morgan fingerprint density at radius 1 is 1.15 bits per heavy atom. The Hall–Kier alpha value is -3.06. The smallest absolute Gasteiger partial charge is 0.342 e. The maximum absolute atomic E-state index is 11.5. The minimum Gasteiger partial charge on any atom is -0.489 e. The third kappa shape index (κ3) is 5.46. The molecule has 27 heavy (non-hydrogen) atoms. The molecular formula is C20H19N3O3S. The summed E-state index contributed by atoms with van der Waals surface area (Å²) in [4.78, 5) is 15.7. The second-order valence-electron chi connectivity index (χ2n) is 5.96. The summed E-state index contributed by atoms with van der Waals surface area (Å²) < 4.78 is 5.77. The van der Waals surface area contributed by atoms with Gasteiger partial charge in [0.25, 0.3) is 0 Å². The molecule has 3 rings (SSSR count). The average molecular weight is 381 g/mol. The molecule has 0 saturated heterocycles. The number of carboxylic acid groups (broad SMARTS) is 1. The van der Waals surface area contributed by atoms with Gasteiger partial charge in [-0.3, -0.25) is 5.10 Å². The van der Waals surface area contributed by atoms with Crippen LogP contribution in [0.15, 0.2) is 58.6 Å². The topological polar surface area (TPSA) is 88.1 Å². The number of nitrogens with zero attached hydrogens (tertiary/aromatic N) is 2. The zero-order valence-corrected chi connectivity index (χ0v) is 15.8. The number of nitrogens with one attached hydrogen (secondary N) is 1. The second kappa shape index (κ2) is 8.55. The number of aromatic nitrogens is 3. The maximum atomic E-state index is 11.5. The van der Waals surface area contributed by atoms with Crippen molar-refractivity contribution in [2.45, 2.75) is 25.6 Å². The van der Waals surface area contributed by atoms with Crippen LogP contribution in [0, 0.1) is 13.8 Å². The van der Waals surface area contributed by atoms with Gasteiger partial charge in [-0.05, 0) is 54.9 Å². The lowest BCUT2D eigenvalue weighted by Crippen LogP contribution is -1.97. The number of hydrogen-bond donors (Lipinski definition) is 2. The van der Waals surface area contributed by atoms with Gasteiger partial charge in [0.1, 0.15) is 23.1 Å². The highest BCUT2D eigenvalue weighted by Gasteiger charge is 2.13. The summed E-state index contributed by atoms with van der Waals surface area (Å²) in [7, 11) is 0. The molecule has 0 radical (unpaired) electrons. The number of H-pyrrole nitrogens is 1. The highest BCUT2D eigenvalue weighted by atomic mass is 32.2. The van der Waals surface area contributed by atoms with E-state index >= 15 is 0 Å². The molecule has 2 N–H and O–H groups in total. The zero-order valence-electron chi connectivity index (χ0n) is 15.0. The molecule has 1 aromatic heterocycles. The number of thioether (sulfide) groups is 1. The van der Waals surface area contributed by atoms with Crippen LogP contribution in [0.3, 0.4) is 0 Å². The van der Waals surface area contributed by atoms with Crippen LogP contribution in [-0.2, 0) is 11.4 Å². The first-order valence-electron chi connectivity index (χ1n) is 8.30. The van der Waals surface area contributed by atoms with Gasteiger partial charge in [0.2, 0.25) is 5.16 Å². The minimum absolute atomic E-state index is 0.141. The van der Waals surface area contributed by atoms with E-state index in [1.54, 1.807) is 13.0 Å². The fourth-order valence-electron chi connectivity index (χ4n) is 2.26. The van der Waals surface area contributed by atoms with Gasteiger partial charge in [0, 0.05) is 0 Å².